The van der Waals surface area contributed by atoms with Crippen LogP contribution in [0.1, 0.15) is 13.8 Å². The Balaban J connectivity index is 6.24. The summed E-state index contributed by atoms with van der Waals surface area (Å²) in [4.78, 5) is 40.7. The van der Waals surface area contributed by atoms with Crippen molar-refractivity contribution in [2.75, 3.05) is 21.1 Å². The summed E-state index contributed by atoms with van der Waals surface area (Å²) in [6.45, 7) is 5.78. The summed E-state index contributed by atoms with van der Waals surface area (Å²) in [6.07, 6.45) is 0. The van der Waals surface area contributed by atoms with E-state index in [1.807, 2.05) is 0 Å². The van der Waals surface area contributed by atoms with Gasteiger partial charge in [-0.3, -0.25) is 4.52 Å². The topological polar surface area (TPSA) is 144 Å². The molecule has 0 aliphatic heterocycles. The number of nitrogens with zero attached hydrogens (tertiary/aromatic N) is 1. The number of likely N-dealkylation sites (N-methyl/N-ethyl adjacent to an activating group) is 1. The van der Waals surface area contributed by atoms with Gasteiger partial charge in [-0.1, -0.05) is 6.58 Å². The number of phosphoric acid groups is 1. The molecule has 128 valence electrons. The third kappa shape index (κ3) is 4.89. The second-order valence-corrected chi connectivity index (χ2v) is 7.30. The lowest BCUT2D eigenvalue weighted by Crippen LogP contribution is -2.63. The number of quaternary nitrogens is 1. The monoisotopic (exact) mass is 339 g/mol. The maximum absolute atomic E-state index is 11.4. The summed E-state index contributed by atoms with van der Waals surface area (Å²) in [5.41, 5.74) is -2.85. The van der Waals surface area contributed by atoms with E-state index in [0.29, 0.717) is 0 Å². The van der Waals surface area contributed by atoms with Crippen LogP contribution in [-0.4, -0.2) is 64.1 Å². The first kappa shape index (κ1) is 20.8. The molecule has 0 spiro atoms. The highest BCUT2D eigenvalue weighted by Gasteiger charge is 2.53. The van der Waals surface area contributed by atoms with Crippen molar-refractivity contribution in [3.8, 4) is 0 Å². The highest BCUT2D eigenvalue weighted by molar-refractivity contribution is 7.46. The number of hydrogen-bond donors (Lipinski definition) is 3. The van der Waals surface area contributed by atoms with Gasteiger partial charge in [0.25, 0.3) is 0 Å². The molecule has 10 heteroatoms. The van der Waals surface area contributed by atoms with Gasteiger partial charge in [0.1, 0.15) is 11.6 Å². The zero-order valence-electron chi connectivity index (χ0n) is 13.1. The van der Waals surface area contributed by atoms with Crippen LogP contribution >= 0.6 is 7.82 Å². The third-order valence-electron chi connectivity index (χ3n) is 3.74. The number of carboxylic acids is 2. The number of hydrogen-bond acceptors (Lipinski definition) is 5. The summed E-state index contributed by atoms with van der Waals surface area (Å²) in [6, 6.07) is -0.820. The van der Waals surface area contributed by atoms with E-state index < -0.39 is 42.9 Å². The van der Waals surface area contributed by atoms with Crippen LogP contribution in [0.4, 0.5) is 0 Å². The maximum atomic E-state index is 11.4. The molecule has 0 aromatic carbocycles. The highest BCUT2D eigenvalue weighted by atomic mass is 31.2. The summed E-state index contributed by atoms with van der Waals surface area (Å²) in [5, 5.41) is 20.4. The molecule has 0 aliphatic rings. The number of aliphatic carboxylic acids is 2. The van der Waals surface area contributed by atoms with E-state index in [2.05, 4.69) is 6.58 Å². The van der Waals surface area contributed by atoms with Crippen LogP contribution in [0, 0.1) is 5.92 Å². The van der Waals surface area contributed by atoms with Gasteiger partial charge in [0.15, 0.2) is 0 Å². The van der Waals surface area contributed by atoms with Crippen LogP contribution in [0.5, 0.6) is 0 Å². The maximum Gasteiger partial charge on any atom is 0.470 e. The minimum atomic E-state index is -5.11. The van der Waals surface area contributed by atoms with Crippen molar-refractivity contribution < 1.29 is 43.2 Å². The van der Waals surface area contributed by atoms with Gasteiger partial charge in [-0.15, -0.1) is 0 Å². The van der Waals surface area contributed by atoms with E-state index in [4.69, 9.17) is 19.4 Å². The normalized spacial score (nSPS) is 18.1. The zero-order valence-corrected chi connectivity index (χ0v) is 14.0. The SMILES string of the molecule is C=C(C(=O)O)C(C(=O)[O-])C(C)(OP(=O)(O)O)C(C)[N+](C)(C)C. The molecule has 0 rings (SSSR count). The standard InChI is InChI=1S/C12H22NO8P/c1-7(10(14)15)9(11(16)17)12(3,21-22(18,19)20)8(2)13(4,5)6/h8-9H,1H2,2-6H3,(H3-,14,15,16,17,18,19,20). The van der Waals surface area contributed by atoms with Crippen LogP contribution in [0.15, 0.2) is 12.2 Å². The summed E-state index contributed by atoms with van der Waals surface area (Å²) in [5.74, 6) is -5.42. The fourth-order valence-electron chi connectivity index (χ4n) is 2.24. The third-order valence-corrected chi connectivity index (χ3v) is 4.37. The first-order valence-corrected chi connectivity index (χ1v) is 7.77. The lowest BCUT2D eigenvalue weighted by molar-refractivity contribution is -0.901. The molecule has 0 bridgehead atoms. The van der Waals surface area contributed by atoms with Crippen molar-refractivity contribution in [1.29, 1.82) is 0 Å². The predicted molar refractivity (Wildman–Crippen MR) is 74.3 cm³/mol. The van der Waals surface area contributed by atoms with Crippen molar-refractivity contribution in [3.63, 3.8) is 0 Å². The quantitative estimate of drug-likeness (QED) is 0.289. The Hall–Kier alpha value is -1.25. The van der Waals surface area contributed by atoms with Gasteiger partial charge in [-0.25, -0.2) is 9.36 Å². The van der Waals surface area contributed by atoms with Crippen LogP contribution in [0.2, 0.25) is 0 Å². The number of carbonyl (C=O) groups is 2. The summed E-state index contributed by atoms with van der Waals surface area (Å²) < 4.78 is 16.0. The Morgan fingerprint density at radius 2 is 1.73 bits per heavy atom. The molecule has 0 aliphatic carbocycles. The smallest absolute Gasteiger partial charge is 0.470 e. The average Bonchev–Trinajstić information content (AvgIpc) is 2.23. The molecular formula is C12H22NO8P. The second-order valence-electron chi connectivity index (χ2n) is 6.14. The molecule has 0 aromatic rings. The van der Waals surface area contributed by atoms with Crippen molar-refractivity contribution in [3.05, 3.63) is 12.2 Å². The van der Waals surface area contributed by atoms with Gasteiger partial charge >= 0.3 is 13.8 Å². The van der Waals surface area contributed by atoms with Gasteiger partial charge in [-0.05, 0) is 13.8 Å². The van der Waals surface area contributed by atoms with Crippen LogP contribution in [0.3, 0.4) is 0 Å². The molecular weight excluding hydrogens is 317 g/mol. The molecule has 3 unspecified atom stereocenters. The Morgan fingerprint density at radius 3 is 1.95 bits per heavy atom. The molecule has 0 aromatic heterocycles. The first-order chi connectivity index (χ1) is 9.54. The fraction of sp³-hybridized carbons (Fsp3) is 0.667. The predicted octanol–water partition coefficient (Wildman–Crippen LogP) is -1.04. The van der Waals surface area contributed by atoms with Crippen molar-refractivity contribution in [2.24, 2.45) is 5.92 Å². The van der Waals surface area contributed by atoms with Crippen molar-refractivity contribution in [1.82, 2.24) is 0 Å². The van der Waals surface area contributed by atoms with Crippen LogP contribution in [-0.2, 0) is 18.7 Å². The zero-order chi connectivity index (χ0) is 18.1. The minimum Gasteiger partial charge on any atom is -0.549 e. The number of carboxylic acid groups (broad SMARTS) is 2. The molecule has 9 nitrogen and oxygen atoms in total. The Kier molecular flexibility index (Phi) is 6.11. The average molecular weight is 339 g/mol. The molecule has 0 saturated heterocycles. The number of carbonyl (C=O) groups excluding carboxylic acids is 1. The number of phosphoric ester groups is 1. The number of rotatable bonds is 8. The van der Waals surface area contributed by atoms with Crippen LogP contribution in [0.25, 0.3) is 0 Å². The van der Waals surface area contributed by atoms with E-state index in [1.54, 1.807) is 21.1 Å². The summed E-state index contributed by atoms with van der Waals surface area (Å²) in [7, 11) is -0.187. The molecule has 0 heterocycles. The Labute approximate surface area is 128 Å². The Bertz CT molecular complexity index is 520. The second kappa shape index (κ2) is 6.47. The molecule has 22 heavy (non-hydrogen) atoms. The molecule has 0 saturated carbocycles. The van der Waals surface area contributed by atoms with E-state index in [9.17, 15) is 19.3 Å². The summed E-state index contributed by atoms with van der Waals surface area (Å²) >= 11 is 0. The van der Waals surface area contributed by atoms with E-state index >= 15 is 0 Å². The largest absolute Gasteiger partial charge is 0.549 e. The van der Waals surface area contributed by atoms with E-state index in [-0.39, 0.29) is 4.48 Å². The van der Waals surface area contributed by atoms with Gasteiger partial charge < -0.3 is 29.3 Å². The molecule has 0 radical (unpaired) electrons. The first-order valence-electron chi connectivity index (χ1n) is 6.24. The van der Waals surface area contributed by atoms with Gasteiger partial charge in [0.05, 0.1) is 33.0 Å². The lowest BCUT2D eigenvalue weighted by atomic mass is 9.78. The van der Waals surface area contributed by atoms with Crippen molar-refractivity contribution in [2.45, 2.75) is 25.5 Å². The molecule has 0 amide bonds. The van der Waals surface area contributed by atoms with E-state index in [0.717, 1.165) is 6.92 Å². The molecule has 3 atom stereocenters. The van der Waals surface area contributed by atoms with Crippen molar-refractivity contribution >= 4 is 19.8 Å². The van der Waals surface area contributed by atoms with Gasteiger partial charge in [0, 0.05) is 5.57 Å². The fourth-order valence-corrected chi connectivity index (χ4v) is 3.01. The van der Waals surface area contributed by atoms with Gasteiger partial charge in [-0.2, -0.15) is 0 Å². The van der Waals surface area contributed by atoms with Crippen LogP contribution < -0.4 is 5.11 Å². The highest BCUT2D eigenvalue weighted by Crippen LogP contribution is 2.48. The van der Waals surface area contributed by atoms with Gasteiger partial charge in [0.2, 0.25) is 0 Å². The Morgan fingerprint density at radius 1 is 1.32 bits per heavy atom. The molecule has 0 fully saturated rings. The minimum absolute atomic E-state index is 0.0488. The van der Waals surface area contributed by atoms with E-state index in [1.165, 1.54) is 6.92 Å². The lowest BCUT2D eigenvalue weighted by Gasteiger charge is -2.47. The molecule has 3 N–H and O–H groups in total.